The Labute approximate surface area is 144 Å². The zero-order valence-corrected chi connectivity index (χ0v) is 14.5. The van der Waals surface area contributed by atoms with E-state index in [2.05, 4.69) is 22.3 Å². The van der Waals surface area contributed by atoms with Crippen LogP contribution in [-0.2, 0) is 24.2 Å². The Morgan fingerprint density at radius 1 is 1.33 bits per heavy atom. The molecule has 1 unspecified atom stereocenters. The molecule has 1 saturated heterocycles. The predicted molar refractivity (Wildman–Crippen MR) is 93.1 cm³/mol. The summed E-state index contributed by atoms with van der Waals surface area (Å²) in [7, 11) is 1.75. The van der Waals surface area contributed by atoms with Crippen molar-refractivity contribution in [3.63, 3.8) is 0 Å². The van der Waals surface area contributed by atoms with E-state index in [9.17, 15) is 4.79 Å². The highest BCUT2D eigenvalue weighted by atomic mass is 16.5. The fourth-order valence-corrected chi connectivity index (χ4v) is 3.98. The molecule has 5 heteroatoms. The summed E-state index contributed by atoms with van der Waals surface area (Å²) in [6.07, 6.45) is 5.87. The highest BCUT2D eigenvalue weighted by Crippen LogP contribution is 2.31. The van der Waals surface area contributed by atoms with Gasteiger partial charge >= 0.3 is 0 Å². The maximum absolute atomic E-state index is 11.2. The van der Waals surface area contributed by atoms with Gasteiger partial charge in [0.2, 0.25) is 5.91 Å². The minimum absolute atomic E-state index is 0.285. The molecule has 1 aliphatic heterocycles. The van der Waals surface area contributed by atoms with Crippen LogP contribution in [-0.4, -0.2) is 49.3 Å². The van der Waals surface area contributed by atoms with Crippen molar-refractivity contribution in [2.24, 2.45) is 5.92 Å². The first kappa shape index (κ1) is 17.2. The average molecular weight is 332 g/mol. The molecule has 1 fully saturated rings. The number of amides is 1. The molecule has 1 heterocycles. The molecule has 0 radical (unpaired) electrons. The highest BCUT2D eigenvalue weighted by Gasteiger charge is 2.22. The lowest BCUT2D eigenvalue weighted by atomic mass is 9.97. The fourth-order valence-electron chi connectivity index (χ4n) is 3.98. The quantitative estimate of drug-likeness (QED) is 0.829. The van der Waals surface area contributed by atoms with Gasteiger partial charge in [0.25, 0.3) is 0 Å². The molecule has 1 amide bonds. The summed E-state index contributed by atoms with van der Waals surface area (Å²) >= 11 is 0. The number of aryl methyl sites for hydroxylation is 2. The number of aliphatic hydroxyl groups is 1. The molecule has 1 aromatic rings. The van der Waals surface area contributed by atoms with Crippen molar-refractivity contribution >= 4 is 5.91 Å². The van der Waals surface area contributed by atoms with Crippen LogP contribution in [0, 0.1) is 5.92 Å². The number of piperidine rings is 1. The average Bonchev–Trinajstić information content (AvgIpc) is 3.06. The van der Waals surface area contributed by atoms with Gasteiger partial charge in [-0.05, 0) is 61.8 Å². The van der Waals surface area contributed by atoms with Gasteiger partial charge in [0.05, 0.1) is 7.11 Å². The number of carbonyl (C=O) groups is 1. The molecule has 3 rings (SSSR count). The van der Waals surface area contributed by atoms with Crippen molar-refractivity contribution in [3.05, 3.63) is 28.8 Å². The van der Waals surface area contributed by atoms with Crippen molar-refractivity contribution in [1.82, 2.24) is 10.2 Å². The first-order valence-corrected chi connectivity index (χ1v) is 8.98. The smallest absolute Gasteiger partial charge is 0.245 e. The molecule has 0 saturated carbocycles. The number of carbonyl (C=O) groups excluding carboxylic acids is 1. The SMILES string of the molecule is COc1cc2c(cc1CN1CCCC(CNC(=O)CO)C1)CCC2. The van der Waals surface area contributed by atoms with E-state index in [4.69, 9.17) is 9.84 Å². The summed E-state index contributed by atoms with van der Waals surface area (Å²) in [6.45, 7) is 3.19. The number of hydrogen-bond acceptors (Lipinski definition) is 4. The lowest BCUT2D eigenvalue weighted by Gasteiger charge is -2.33. The van der Waals surface area contributed by atoms with E-state index < -0.39 is 6.61 Å². The Hall–Kier alpha value is -1.59. The van der Waals surface area contributed by atoms with Gasteiger partial charge in [0, 0.05) is 25.2 Å². The third-order valence-electron chi connectivity index (χ3n) is 5.22. The van der Waals surface area contributed by atoms with Crippen LogP contribution in [0.1, 0.15) is 36.0 Å². The molecular weight excluding hydrogens is 304 g/mol. The van der Waals surface area contributed by atoms with Crippen molar-refractivity contribution in [1.29, 1.82) is 0 Å². The Bertz CT molecular complexity index is 588. The standard InChI is InChI=1S/C19H28N2O3/c1-24-18-9-16-6-2-5-15(16)8-17(18)12-21-7-3-4-14(11-21)10-20-19(23)13-22/h8-9,14,22H,2-7,10-13H2,1H3,(H,20,23). The zero-order valence-electron chi connectivity index (χ0n) is 14.5. The van der Waals surface area contributed by atoms with Gasteiger partial charge in [-0.3, -0.25) is 9.69 Å². The molecule has 1 aliphatic carbocycles. The van der Waals surface area contributed by atoms with Crippen LogP contribution in [0.2, 0.25) is 0 Å². The summed E-state index contributed by atoms with van der Waals surface area (Å²) in [4.78, 5) is 13.7. The molecule has 2 N–H and O–H groups in total. The van der Waals surface area contributed by atoms with Gasteiger partial charge < -0.3 is 15.2 Å². The van der Waals surface area contributed by atoms with Crippen LogP contribution in [0.4, 0.5) is 0 Å². The summed E-state index contributed by atoms with van der Waals surface area (Å²) in [5, 5.41) is 11.6. The molecule has 0 bridgehead atoms. The largest absolute Gasteiger partial charge is 0.496 e. The number of nitrogens with one attached hydrogen (secondary N) is 1. The Morgan fingerprint density at radius 2 is 2.12 bits per heavy atom. The number of nitrogens with zero attached hydrogens (tertiary/aromatic N) is 1. The van der Waals surface area contributed by atoms with Crippen LogP contribution < -0.4 is 10.1 Å². The van der Waals surface area contributed by atoms with E-state index >= 15 is 0 Å². The second-order valence-corrected chi connectivity index (χ2v) is 6.99. The zero-order chi connectivity index (χ0) is 16.9. The number of aliphatic hydroxyl groups excluding tert-OH is 1. The molecule has 0 aromatic heterocycles. The third-order valence-corrected chi connectivity index (χ3v) is 5.22. The molecule has 1 atom stereocenters. The molecular formula is C19H28N2O3. The van der Waals surface area contributed by atoms with Crippen molar-refractivity contribution in [2.75, 3.05) is 33.4 Å². The second-order valence-electron chi connectivity index (χ2n) is 6.99. The van der Waals surface area contributed by atoms with E-state index in [-0.39, 0.29) is 5.91 Å². The minimum Gasteiger partial charge on any atom is -0.496 e. The highest BCUT2D eigenvalue weighted by molar-refractivity contribution is 5.76. The van der Waals surface area contributed by atoms with Crippen molar-refractivity contribution < 1.29 is 14.6 Å². The molecule has 5 nitrogen and oxygen atoms in total. The van der Waals surface area contributed by atoms with E-state index in [0.29, 0.717) is 12.5 Å². The number of likely N-dealkylation sites (tertiary alicyclic amines) is 1. The monoisotopic (exact) mass is 332 g/mol. The van der Waals surface area contributed by atoms with Crippen molar-refractivity contribution in [3.8, 4) is 5.75 Å². The number of rotatable bonds is 6. The van der Waals surface area contributed by atoms with Gasteiger partial charge in [-0.1, -0.05) is 6.07 Å². The van der Waals surface area contributed by atoms with Crippen LogP contribution in [0.25, 0.3) is 0 Å². The van der Waals surface area contributed by atoms with E-state index in [0.717, 1.165) is 38.2 Å². The Kier molecular flexibility index (Phi) is 5.74. The summed E-state index contributed by atoms with van der Waals surface area (Å²) < 4.78 is 5.62. The lowest BCUT2D eigenvalue weighted by Crippen LogP contribution is -2.41. The van der Waals surface area contributed by atoms with Crippen LogP contribution >= 0.6 is 0 Å². The van der Waals surface area contributed by atoms with Gasteiger partial charge in [0.15, 0.2) is 0 Å². The van der Waals surface area contributed by atoms with Gasteiger partial charge in [0.1, 0.15) is 12.4 Å². The summed E-state index contributed by atoms with van der Waals surface area (Å²) in [5.41, 5.74) is 4.20. The lowest BCUT2D eigenvalue weighted by molar-refractivity contribution is -0.124. The van der Waals surface area contributed by atoms with Gasteiger partial charge in [-0.2, -0.15) is 0 Å². The number of hydrogen-bond donors (Lipinski definition) is 2. The topological polar surface area (TPSA) is 61.8 Å². The third kappa shape index (κ3) is 4.08. The Morgan fingerprint density at radius 3 is 2.88 bits per heavy atom. The minimum atomic E-state index is -0.428. The van der Waals surface area contributed by atoms with Crippen LogP contribution in [0.3, 0.4) is 0 Å². The van der Waals surface area contributed by atoms with E-state index in [1.807, 2.05) is 0 Å². The molecule has 2 aliphatic rings. The molecule has 132 valence electrons. The number of methoxy groups -OCH3 is 1. The molecule has 0 spiro atoms. The van der Waals surface area contributed by atoms with E-state index in [1.54, 1.807) is 7.11 Å². The molecule has 24 heavy (non-hydrogen) atoms. The van der Waals surface area contributed by atoms with E-state index in [1.165, 1.54) is 36.0 Å². The number of fused-ring (bicyclic) bond motifs is 1. The first-order valence-electron chi connectivity index (χ1n) is 8.98. The normalized spacial score (nSPS) is 20.7. The van der Waals surface area contributed by atoms with Crippen molar-refractivity contribution in [2.45, 2.75) is 38.6 Å². The maximum Gasteiger partial charge on any atom is 0.245 e. The Balaban J connectivity index is 1.62. The predicted octanol–water partition coefficient (Wildman–Crippen LogP) is 1.50. The maximum atomic E-state index is 11.2. The van der Waals surface area contributed by atoms with Gasteiger partial charge in [-0.15, -0.1) is 0 Å². The van der Waals surface area contributed by atoms with Gasteiger partial charge in [-0.25, -0.2) is 0 Å². The number of ether oxygens (including phenoxy) is 1. The number of benzene rings is 1. The van der Waals surface area contributed by atoms with Crippen LogP contribution in [0.5, 0.6) is 5.75 Å². The second kappa shape index (κ2) is 7.99. The fraction of sp³-hybridized carbons (Fsp3) is 0.632. The molecule has 1 aromatic carbocycles. The summed E-state index contributed by atoms with van der Waals surface area (Å²) in [5.74, 6) is 1.17. The first-order chi connectivity index (χ1) is 11.7. The van der Waals surface area contributed by atoms with Crippen LogP contribution in [0.15, 0.2) is 12.1 Å². The summed E-state index contributed by atoms with van der Waals surface area (Å²) in [6, 6.07) is 4.55.